The summed E-state index contributed by atoms with van der Waals surface area (Å²) in [6, 6.07) is 26.3. The van der Waals surface area contributed by atoms with E-state index in [1.165, 1.54) is 21.9 Å². The molecule has 0 aromatic heterocycles. The Morgan fingerprint density at radius 2 is 1.52 bits per heavy atom. The highest BCUT2D eigenvalue weighted by molar-refractivity contribution is 5.86. The molecular weight excluding hydrogens is 254 g/mol. The second-order valence-corrected chi connectivity index (χ2v) is 5.37. The molecule has 0 fully saturated rings. The maximum Gasteiger partial charge on any atom is 0.0366 e. The van der Waals surface area contributed by atoms with E-state index in [4.69, 9.17) is 0 Å². The highest BCUT2D eigenvalue weighted by atomic mass is 14.9. The topological polar surface area (TPSA) is 12.0 Å². The minimum atomic E-state index is 0.350. The van der Waals surface area contributed by atoms with Gasteiger partial charge in [-0.3, -0.25) is 0 Å². The number of likely N-dealkylation sites (N-methyl/N-ethyl adjacent to an activating group) is 1. The van der Waals surface area contributed by atoms with Crippen molar-refractivity contribution in [2.75, 3.05) is 6.54 Å². The lowest BCUT2D eigenvalue weighted by molar-refractivity contribution is 0.553. The van der Waals surface area contributed by atoms with Crippen LogP contribution < -0.4 is 5.32 Å². The number of fused-ring (bicyclic) bond motifs is 1. The number of rotatable bonds is 5. The zero-order valence-electron chi connectivity index (χ0n) is 12.4. The van der Waals surface area contributed by atoms with Gasteiger partial charge in [0.05, 0.1) is 0 Å². The van der Waals surface area contributed by atoms with Crippen molar-refractivity contribution in [3.05, 3.63) is 83.9 Å². The van der Waals surface area contributed by atoms with Gasteiger partial charge in [-0.25, -0.2) is 0 Å². The third kappa shape index (κ3) is 3.14. The Balaban J connectivity index is 1.99. The van der Waals surface area contributed by atoms with Gasteiger partial charge in [0, 0.05) is 6.04 Å². The van der Waals surface area contributed by atoms with E-state index < -0.39 is 0 Å². The summed E-state index contributed by atoms with van der Waals surface area (Å²) in [5.74, 6) is 0. The molecule has 0 aliphatic carbocycles. The van der Waals surface area contributed by atoms with E-state index in [-0.39, 0.29) is 0 Å². The molecule has 0 amide bonds. The van der Waals surface area contributed by atoms with Crippen LogP contribution in [0.1, 0.15) is 24.1 Å². The standard InChI is InChI=1S/C20H21N/c1-2-21-20(15-16-9-4-3-5-10-16)19-14-8-12-17-11-6-7-13-18(17)19/h3-14,20-21H,2,15H2,1H3. The fraction of sp³-hybridized carbons (Fsp3) is 0.200. The molecule has 1 nitrogen and oxygen atoms in total. The van der Waals surface area contributed by atoms with Crippen molar-refractivity contribution in [2.45, 2.75) is 19.4 Å². The van der Waals surface area contributed by atoms with Crippen molar-refractivity contribution in [1.82, 2.24) is 5.32 Å². The molecule has 1 unspecified atom stereocenters. The SMILES string of the molecule is CCNC(Cc1ccccc1)c1cccc2ccccc12. The summed E-state index contributed by atoms with van der Waals surface area (Å²) in [6.45, 7) is 3.14. The maximum absolute atomic E-state index is 3.64. The van der Waals surface area contributed by atoms with Crippen LogP contribution in [0.3, 0.4) is 0 Å². The van der Waals surface area contributed by atoms with Gasteiger partial charge in [-0.1, -0.05) is 79.7 Å². The van der Waals surface area contributed by atoms with Gasteiger partial charge in [-0.2, -0.15) is 0 Å². The Bertz CT molecular complexity index is 698. The molecule has 106 valence electrons. The Morgan fingerprint density at radius 3 is 2.33 bits per heavy atom. The van der Waals surface area contributed by atoms with Crippen molar-refractivity contribution in [2.24, 2.45) is 0 Å². The van der Waals surface area contributed by atoms with Gasteiger partial charge in [-0.05, 0) is 34.9 Å². The average Bonchev–Trinajstić information content (AvgIpc) is 2.55. The van der Waals surface area contributed by atoms with Crippen molar-refractivity contribution in [3.63, 3.8) is 0 Å². The van der Waals surface area contributed by atoms with Gasteiger partial charge in [0.1, 0.15) is 0 Å². The lowest BCUT2D eigenvalue weighted by Gasteiger charge is -2.20. The van der Waals surface area contributed by atoms with Crippen molar-refractivity contribution < 1.29 is 0 Å². The molecule has 21 heavy (non-hydrogen) atoms. The first-order valence-electron chi connectivity index (χ1n) is 7.63. The van der Waals surface area contributed by atoms with Gasteiger partial charge < -0.3 is 5.32 Å². The van der Waals surface area contributed by atoms with Gasteiger partial charge in [0.15, 0.2) is 0 Å². The zero-order valence-corrected chi connectivity index (χ0v) is 12.4. The molecule has 3 aromatic rings. The summed E-state index contributed by atoms with van der Waals surface area (Å²) in [4.78, 5) is 0. The molecule has 3 rings (SSSR count). The highest BCUT2D eigenvalue weighted by Crippen LogP contribution is 2.26. The Morgan fingerprint density at radius 1 is 0.810 bits per heavy atom. The third-order valence-electron chi connectivity index (χ3n) is 3.93. The Kier molecular flexibility index (Phi) is 4.32. The Hall–Kier alpha value is -2.12. The average molecular weight is 275 g/mol. The molecule has 0 heterocycles. The predicted octanol–water partition coefficient (Wildman–Crippen LogP) is 4.73. The Labute approximate surface area is 126 Å². The van der Waals surface area contributed by atoms with Crippen LogP contribution in [0.15, 0.2) is 72.8 Å². The molecule has 0 aliphatic rings. The summed E-state index contributed by atoms with van der Waals surface area (Å²) >= 11 is 0. The smallest absolute Gasteiger partial charge is 0.0366 e. The van der Waals surface area contributed by atoms with E-state index >= 15 is 0 Å². The molecule has 3 aromatic carbocycles. The number of nitrogens with one attached hydrogen (secondary N) is 1. The largest absolute Gasteiger partial charge is 0.310 e. The summed E-state index contributed by atoms with van der Waals surface area (Å²) in [5.41, 5.74) is 2.76. The van der Waals surface area contributed by atoms with Crippen LogP contribution in [-0.4, -0.2) is 6.54 Å². The highest BCUT2D eigenvalue weighted by Gasteiger charge is 2.13. The van der Waals surface area contributed by atoms with Crippen LogP contribution in [0.2, 0.25) is 0 Å². The molecule has 0 radical (unpaired) electrons. The molecule has 1 atom stereocenters. The molecule has 0 bridgehead atoms. The van der Waals surface area contributed by atoms with E-state index in [1.807, 2.05) is 0 Å². The fourth-order valence-corrected chi connectivity index (χ4v) is 2.94. The van der Waals surface area contributed by atoms with Crippen molar-refractivity contribution in [1.29, 1.82) is 0 Å². The first kappa shape index (κ1) is 13.8. The van der Waals surface area contributed by atoms with Gasteiger partial charge in [-0.15, -0.1) is 0 Å². The maximum atomic E-state index is 3.64. The lowest BCUT2D eigenvalue weighted by atomic mass is 9.94. The van der Waals surface area contributed by atoms with Crippen molar-refractivity contribution >= 4 is 10.8 Å². The normalized spacial score (nSPS) is 12.4. The van der Waals surface area contributed by atoms with Gasteiger partial charge in [0.25, 0.3) is 0 Å². The summed E-state index contributed by atoms with van der Waals surface area (Å²) in [7, 11) is 0. The third-order valence-corrected chi connectivity index (χ3v) is 3.93. The van der Waals surface area contributed by atoms with E-state index in [0.29, 0.717) is 6.04 Å². The fourth-order valence-electron chi connectivity index (χ4n) is 2.94. The number of hydrogen-bond acceptors (Lipinski definition) is 1. The quantitative estimate of drug-likeness (QED) is 0.709. The summed E-state index contributed by atoms with van der Waals surface area (Å²) in [6.07, 6.45) is 1.02. The van der Waals surface area contributed by atoms with E-state index in [1.54, 1.807) is 0 Å². The second-order valence-electron chi connectivity index (χ2n) is 5.37. The number of benzene rings is 3. The van der Waals surface area contributed by atoms with Crippen molar-refractivity contribution in [3.8, 4) is 0 Å². The van der Waals surface area contributed by atoms with Gasteiger partial charge in [0.2, 0.25) is 0 Å². The molecule has 0 aliphatic heterocycles. The molecule has 1 heteroatoms. The van der Waals surface area contributed by atoms with Crippen LogP contribution in [0.5, 0.6) is 0 Å². The second kappa shape index (κ2) is 6.55. The molecule has 0 saturated heterocycles. The van der Waals surface area contributed by atoms with Crippen LogP contribution in [-0.2, 0) is 6.42 Å². The molecular formula is C20H21N. The van der Waals surface area contributed by atoms with Crippen LogP contribution in [0, 0.1) is 0 Å². The molecule has 0 saturated carbocycles. The molecule has 1 N–H and O–H groups in total. The van der Waals surface area contributed by atoms with E-state index in [2.05, 4.69) is 85.0 Å². The lowest BCUT2D eigenvalue weighted by Crippen LogP contribution is -2.23. The summed E-state index contributed by atoms with van der Waals surface area (Å²) in [5, 5.41) is 6.30. The minimum Gasteiger partial charge on any atom is -0.310 e. The predicted molar refractivity (Wildman–Crippen MR) is 90.5 cm³/mol. The van der Waals surface area contributed by atoms with E-state index in [9.17, 15) is 0 Å². The van der Waals surface area contributed by atoms with Crippen LogP contribution >= 0.6 is 0 Å². The first-order valence-corrected chi connectivity index (χ1v) is 7.63. The number of hydrogen-bond donors (Lipinski definition) is 1. The van der Waals surface area contributed by atoms with E-state index in [0.717, 1.165) is 13.0 Å². The first-order chi connectivity index (χ1) is 10.4. The van der Waals surface area contributed by atoms with Crippen LogP contribution in [0.25, 0.3) is 10.8 Å². The van der Waals surface area contributed by atoms with Gasteiger partial charge >= 0.3 is 0 Å². The minimum absolute atomic E-state index is 0.350. The monoisotopic (exact) mass is 275 g/mol. The molecule has 0 spiro atoms. The zero-order chi connectivity index (χ0) is 14.5. The van der Waals surface area contributed by atoms with Crippen LogP contribution in [0.4, 0.5) is 0 Å². The summed E-state index contributed by atoms with van der Waals surface area (Å²) < 4.78 is 0.